The zero-order valence-corrected chi connectivity index (χ0v) is 19.1. The number of hydrogen-bond acceptors (Lipinski definition) is 7. The Labute approximate surface area is 199 Å². The van der Waals surface area contributed by atoms with Gasteiger partial charge in [0.1, 0.15) is 0 Å². The van der Waals surface area contributed by atoms with E-state index in [0.29, 0.717) is 22.8 Å². The van der Waals surface area contributed by atoms with Crippen LogP contribution in [-0.4, -0.2) is 47.6 Å². The van der Waals surface area contributed by atoms with Crippen molar-refractivity contribution >= 4 is 46.5 Å². The van der Waals surface area contributed by atoms with Gasteiger partial charge in [-0.1, -0.05) is 17.7 Å². The smallest absolute Gasteiger partial charge is 0.335 e. The van der Waals surface area contributed by atoms with Gasteiger partial charge in [-0.05, 0) is 43.7 Å². The van der Waals surface area contributed by atoms with Crippen LogP contribution in [0.5, 0.6) is 0 Å². The maximum atomic E-state index is 14.1. The SMILES string of the molecule is C[C@@H]1CN2c3ccc([N+](=O)[O-])cc3C[C@]3(C(=O)NC(=O)N(c4cccc(Cl)c4)C3=O)[C@H]2[C@@H](C)O1. The number of halogens is 1. The minimum Gasteiger partial charge on any atom is -0.372 e. The number of morpholine rings is 1. The second-order valence-electron chi connectivity index (χ2n) is 8.85. The number of non-ortho nitro benzene ring substituents is 1. The van der Waals surface area contributed by atoms with Crippen molar-refractivity contribution in [3.05, 3.63) is 63.2 Å². The Bertz CT molecular complexity index is 1250. The molecule has 4 atom stereocenters. The molecular formula is C23H21ClN4O6. The van der Waals surface area contributed by atoms with Crippen molar-refractivity contribution in [2.75, 3.05) is 16.3 Å². The number of nitro benzene ring substituents is 1. The van der Waals surface area contributed by atoms with Gasteiger partial charge in [0.2, 0.25) is 5.91 Å². The topological polar surface area (TPSA) is 122 Å². The summed E-state index contributed by atoms with van der Waals surface area (Å²) in [4.78, 5) is 54.2. The van der Waals surface area contributed by atoms with Crippen molar-refractivity contribution in [1.82, 2.24) is 5.32 Å². The Morgan fingerprint density at radius 2 is 1.94 bits per heavy atom. The van der Waals surface area contributed by atoms with Crippen LogP contribution in [0.3, 0.4) is 0 Å². The van der Waals surface area contributed by atoms with E-state index in [4.69, 9.17) is 16.3 Å². The average molecular weight is 485 g/mol. The lowest BCUT2D eigenvalue weighted by molar-refractivity contribution is -0.384. The number of amides is 4. The highest BCUT2D eigenvalue weighted by molar-refractivity contribution is 6.33. The monoisotopic (exact) mass is 484 g/mol. The maximum absolute atomic E-state index is 14.1. The quantitative estimate of drug-likeness (QED) is 0.395. The van der Waals surface area contributed by atoms with Gasteiger partial charge in [-0.2, -0.15) is 0 Å². The first-order valence-electron chi connectivity index (χ1n) is 10.8. The van der Waals surface area contributed by atoms with Crippen molar-refractivity contribution in [3.8, 4) is 0 Å². The molecule has 0 unspecified atom stereocenters. The molecule has 2 fully saturated rings. The Morgan fingerprint density at radius 3 is 2.65 bits per heavy atom. The standard InChI is InChI=1S/C23H21ClN4O6/c1-12-11-26-18-7-6-17(28(32)33)8-14(18)10-23(19(26)13(2)34-12)20(29)25-22(31)27(21(23)30)16-5-3-4-15(24)9-16/h3-9,12-13,19H,10-11H2,1-2H3,(H,25,29,31)/t12-,13-,19-,23-/m1/s1. The zero-order chi connectivity index (χ0) is 24.4. The number of nitrogens with one attached hydrogen (secondary N) is 1. The summed E-state index contributed by atoms with van der Waals surface area (Å²) < 4.78 is 6.04. The fourth-order valence-corrected chi connectivity index (χ4v) is 5.66. The molecule has 3 aliphatic rings. The molecule has 3 heterocycles. The van der Waals surface area contributed by atoms with E-state index in [0.717, 1.165) is 4.90 Å². The van der Waals surface area contributed by atoms with Crippen LogP contribution in [0.15, 0.2) is 42.5 Å². The molecule has 2 aromatic rings. The number of fused-ring (bicyclic) bond motifs is 4. The first kappa shape index (κ1) is 22.3. The predicted octanol–water partition coefficient (Wildman–Crippen LogP) is 3.06. The summed E-state index contributed by atoms with van der Waals surface area (Å²) in [6.07, 6.45) is -0.879. The number of benzene rings is 2. The summed E-state index contributed by atoms with van der Waals surface area (Å²) >= 11 is 6.10. The lowest BCUT2D eigenvalue weighted by Gasteiger charge is -2.56. The molecule has 1 spiro atoms. The van der Waals surface area contributed by atoms with Crippen LogP contribution in [0.25, 0.3) is 0 Å². The lowest BCUT2D eigenvalue weighted by Crippen LogP contribution is -2.76. The number of imide groups is 2. The number of nitro groups is 1. The van der Waals surface area contributed by atoms with Crippen molar-refractivity contribution in [1.29, 1.82) is 0 Å². The Kier molecular flexibility index (Phi) is 5.10. The molecule has 10 nitrogen and oxygen atoms in total. The number of urea groups is 1. The van der Waals surface area contributed by atoms with Gasteiger partial charge in [0.05, 0.1) is 28.9 Å². The number of anilines is 2. The van der Waals surface area contributed by atoms with Gasteiger partial charge in [0.15, 0.2) is 5.41 Å². The molecule has 0 bridgehead atoms. The summed E-state index contributed by atoms with van der Waals surface area (Å²) in [6.45, 7) is 4.03. The molecule has 1 N–H and O–H groups in total. The first-order chi connectivity index (χ1) is 16.1. The number of rotatable bonds is 2. The summed E-state index contributed by atoms with van der Waals surface area (Å²) in [5.41, 5.74) is -0.493. The van der Waals surface area contributed by atoms with Crippen molar-refractivity contribution in [2.24, 2.45) is 5.41 Å². The van der Waals surface area contributed by atoms with Gasteiger partial charge in [-0.15, -0.1) is 0 Å². The van der Waals surface area contributed by atoms with E-state index in [9.17, 15) is 24.5 Å². The number of carbonyl (C=O) groups excluding carboxylic acids is 3. The fourth-order valence-electron chi connectivity index (χ4n) is 5.47. The van der Waals surface area contributed by atoms with Crippen LogP contribution in [0.2, 0.25) is 5.02 Å². The van der Waals surface area contributed by atoms with Crippen LogP contribution >= 0.6 is 11.6 Å². The molecular weight excluding hydrogens is 464 g/mol. The number of nitrogens with zero attached hydrogens (tertiary/aromatic N) is 3. The maximum Gasteiger partial charge on any atom is 0.335 e. The van der Waals surface area contributed by atoms with Crippen LogP contribution < -0.4 is 15.1 Å². The second-order valence-corrected chi connectivity index (χ2v) is 9.28. The highest BCUT2D eigenvalue weighted by atomic mass is 35.5. The van der Waals surface area contributed by atoms with Crippen molar-refractivity contribution in [3.63, 3.8) is 0 Å². The molecule has 2 aromatic carbocycles. The molecule has 5 rings (SSSR count). The third kappa shape index (κ3) is 3.17. The average Bonchev–Trinajstić information content (AvgIpc) is 2.77. The molecule has 0 radical (unpaired) electrons. The van der Waals surface area contributed by atoms with Crippen molar-refractivity contribution < 1.29 is 24.0 Å². The van der Waals surface area contributed by atoms with Crippen LogP contribution in [0, 0.1) is 15.5 Å². The molecule has 0 aliphatic carbocycles. The molecule has 34 heavy (non-hydrogen) atoms. The van der Waals surface area contributed by atoms with E-state index in [2.05, 4.69) is 5.32 Å². The van der Waals surface area contributed by atoms with Crippen LogP contribution in [-0.2, 0) is 20.7 Å². The molecule has 0 aromatic heterocycles. The summed E-state index contributed by atoms with van der Waals surface area (Å²) in [5.74, 6) is -1.47. The van der Waals surface area contributed by atoms with E-state index in [1.54, 1.807) is 31.2 Å². The van der Waals surface area contributed by atoms with E-state index in [-0.39, 0.29) is 23.9 Å². The van der Waals surface area contributed by atoms with Gasteiger partial charge in [-0.3, -0.25) is 25.0 Å². The molecule has 176 valence electrons. The third-order valence-electron chi connectivity index (χ3n) is 6.72. The summed E-state index contributed by atoms with van der Waals surface area (Å²) in [5, 5.41) is 14.1. The van der Waals surface area contributed by atoms with E-state index in [1.807, 2.05) is 11.8 Å². The molecule has 2 saturated heterocycles. The lowest BCUT2D eigenvalue weighted by atomic mass is 9.66. The molecule has 4 amide bonds. The van der Waals surface area contributed by atoms with Gasteiger partial charge in [0, 0.05) is 35.8 Å². The molecule has 3 aliphatic heterocycles. The Balaban J connectivity index is 1.71. The van der Waals surface area contributed by atoms with Gasteiger partial charge in [-0.25, -0.2) is 9.69 Å². The number of ether oxygens (including phenoxy) is 1. The Hall–Kier alpha value is -3.50. The molecule has 0 saturated carbocycles. The fraction of sp³-hybridized carbons (Fsp3) is 0.348. The normalized spacial score (nSPS) is 28.4. The van der Waals surface area contributed by atoms with Crippen LogP contribution in [0.4, 0.5) is 21.9 Å². The highest BCUT2D eigenvalue weighted by Crippen LogP contribution is 2.49. The van der Waals surface area contributed by atoms with Gasteiger partial charge in [0.25, 0.3) is 11.6 Å². The number of barbiturate groups is 1. The minimum absolute atomic E-state index is 0.123. The van der Waals surface area contributed by atoms with E-state index in [1.165, 1.54) is 18.2 Å². The minimum atomic E-state index is -1.75. The summed E-state index contributed by atoms with van der Waals surface area (Å²) in [7, 11) is 0. The van der Waals surface area contributed by atoms with E-state index >= 15 is 0 Å². The van der Waals surface area contributed by atoms with Gasteiger partial charge >= 0.3 is 6.03 Å². The largest absolute Gasteiger partial charge is 0.372 e. The molecule has 11 heteroatoms. The first-order valence-corrected chi connectivity index (χ1v) is 11.2. The number of carbonyl (C=O) groups is 3. The third-order valence-corrected chi connectivity index (χ3v) is 6.95. The number of hydrogen-bond donors (Lipinski definition) is 1. The predicted molar refractivity (Wildman–Crippen MR) is 123 cm³/mol. The highest BCUT2D eigenvalue weighted by Gasteiger charge is 2.65. The van der Waals surface area contributed by atoms with Gasteiger partial charge < -0.3 is 9.64 Å². The summed E-state index contributed by atoms with van der Waals surface area (Å²) in [6, 6.07) is 9.04. The Morgan fingerprint density at radius 1 is 1.18 bits per heavy atom. The van der Waals surface area contributed by atoms with Crippen molar-refractivity contribution in [2.45, 2.75) is 38.5 Å². The van der Waals surface area contributed by atoms with Crippen LogP contribution in [0.1, 0.15) is 19.4 Å². The van der Waals surface area contributed by atoms with E-state index < -0.39 is 40.3 Å². The second kappa shape index (κ2) is 7.78. The zero-order valence-electron chi connectivity index (χ0n) is 18.4.